The van der Waals surface area contributed by atoms with Gasteiger partial charge in [-0.3, -0.25) is 0 Å². The maximum Gasteiger partial charge on any atom is 0.203 e. The molecule has 17 heavy (non-hydrogen) atoms. The molecule has 0 amide bonds. The van der Waals surface area contributed by atoms with Crippen molar-refractivity contribution in [3.8, 4) is 0 Å². The maximum atomic E-state index is 5.76. The van der Waals surface area contributed by atoms with Crippen LogP contribution in [0.15, 0.2) is 12.4 Å². The minimum atomic E-state index is 0.260. The number of hydrogen-bond acceptors (Lipinski definition) is 4. The molecule has 5 nitrogen and oxygen atoms in total. The largest absolute Gasteiger partial charge is 0.374 e. The highest BCUT2D eigenvalue weighted by Gasteiger charge is 2.19. The number of nitrogens with one attached hydrogen (secondary N) is 1. The first-order chi connectivity index (χ1) is 8.15. The van der Waals surface area contributed by atoms with Crippen LogP contribution in [0.3, 0.4) is 0 Å². The summed E-state index contributed by atoms with van der Waals surface area (Å²) < 4.78 is 7.89. The van der Waals surface area contributed by atoms with E-state index in [-0.39, 0.29) is 6.10 Å². The van der Waals surface area contributed by atoms with Gasteiger partial charge in [0, 0.05) is 31.5 Å². The summed E-state index contributed by atoms with van der Waals surface area (Å²) in [4.78, 5) is 6.63. The summed E-state index contributed by atoms with van der Waals surface area (Å²) in [5.41, 5.74) is 0. The quantitative estimate of drug-likeness (QED) is 0.851. The van der Waals surface area contributed by atoms with Crippen LogP contribution in [0.1, 0.15) is 13.8 Å². The van der Waals surface area contributed by atoms with E-state index < -0.39 is 0 Å². The Morgan fingerprint density at radius 3 is 3.12 bits per heavy atom. The van der Waals surface area contributed by atoms with Crippen molar-refractivity contribution < 1.29 is 4.74 Å². The lowest BCUT2D eigenvalue weighted by Crippen LogP contribution is -2.42. The van der Waals surface area contributed by atoms with E-state index >= 15 is 0 Å². The summed E-state index contributed by atoms with van der Waals surface area (Å²) in [6.45, 7) is 7.92. The molecule has 5 heteroatoms. The summed E-state index contributed by atoms with van der Waals surface area (Å²) in [5.74, 6) is 0.928. The fourth-order valence-electron chi connectivity index (χ4n) is 2.05. The van der Waals surface area contributed by atoms with E-state index in [1.54, 1.807) is 0 Å². The smallest absolute Gasteiger partial charge is 0.203 e. The van der Waals surface area contributed by atoms with Crippen LogP contribution >= 0.6 is 0 Å². The first kappa shape index (κ1) is 12.4. The number of hydrogen-bond donors (Lipinski definition) is 1. The van der Waals surface area contributed by atoms with Gasteiger partial charge >= 0.3 is 0 Å². The Balaban J connectivity index is 1.95. The SMILES string of the molecule is CC(C)Nc1nccn1CC1CN(C)CCO1. The molecular formula is C12H22N4O. The Bertz CT molecular complexity index is 350. The van der Waals surface area contributed by atoms with Crippen LogP contribution in [0.2, 0.25) is 0 Å². The fourth-order valence-corrected chi connectivity index (χ4v) is 2.05. The number of likely N-dealkylation sites (N-methyl/N-ethyl adjacent to an activating group) is 1. The Hall–Kier alpha value is -1.07. The molecule has 1 aliphatic heterocycles. The fraction of sp³-hybridized carbons (Fsp3) is 0.750. The minimum Gasteiger partial charge on any atom is -0.374 e. The van der Waals surface area contributed by atoms with Crippen molar-refractivity contribution in [2.24, 2.45) is 0 Å². The summed E-state index contributed by atoms with van der Waals surface area (Å²) in [6, 6.07) is 0.395. The van der Waals surface area contributed by atoms with E-state index in [1.807, 2.05) is 12.4 Å². The second-order valence-corrected chi connectivity index (χ2v) is 4.96. The van der Waals surface area contributed by atoms with Gasteiger partial charge in [0.2, 0.25) is 5.95 Å². The topological polar surface area (TPSA) is 42.3 Å². The summed E-state index contributed by atoms with van der Waals surface area (Å²) in [5, 5.41) is 3.34. The van der Waals surface area contributed by atoms with Gasteiger partial charge < -0.3 is 19.5 Å². The third kappa shape index (κ3) is 3.44. The van der Waals surface area contributed by atoms with Crippen molar-refractivity contribution in [1.82, 2.24) is 14.5 Å². The molecule has 0 radical (unpaired) electrons. The highest BCUT2D eigenvalue weighted by molar-refractivity contribution is 5.26. The normalized spacial score (nSPS) is 22.0. The number of nitrogens with zero attached hydrogens (tertiary/aromatic N) is 3. The van der Waals surface area contributed by atoms with Gasteiger partial charge in [0.25, 0.3) is 0 Å². The number of aromatic nitrogens is 2. The van der Waals surface area contributed by atoms with Crippen molar-refractivity contribution in [2.75, 3.05) is 32.1 Å². The van der Waals surface area contributed by atoms with Gasteiger partial charge in [0.1, 0.15) is 0 Å². The second-order valence-electron chi connectivity index (χ2n) is 4.96. The molecule has 1 aliphatic rings. The van der Waals surface area contributed by atoms with Crippen LogP contribution in [-0.4, -0.2) is 53.3 Å². The van der Waals surface area contributed by atoms with Crippen LogP contribution in [0.5, 0.6) is 0 Å². The number of rotatable bonds is 4. The molecular weight excluding hydrogens is 216 g/mol. The molecule has 1 atom stereocenters. The van der Waals surface area contributed by atoms with Gasteiger partial charge in [-0.2, -0.15) is 0 Å². The zero-order valence-electron chi connectivity index (χ0n) is 10.9. The van der Waals surface area contributed by atoms with Gasteiger partial charge in [-0.15, -0.1) is 0 Å². The molecule has 0 spiro atoms. The Labute approximate surface area is 103 Å². The van der Waals surface area contributed by atoms with Gasteiger partial charge in [-0.25, -0.2) is 4.98 Å². The van der Waals surface area contributed by atoms with Gasteiger partial charge in [0.05, 0.1) is 19.3 Å². The Kier molecular flexibility index (Phi) is 4.02. The molecule has 1 N–H and O–H groups in total. The highest BCUT2D eigenvalue weighted by atomic mass is 16.5. The molecule has 1 saturated heterocycles. The molecule has 0 aliphatic carbocycles. The first-order valence-electron chi connectivity index (χ1n) is 6.23. The number of anilines is 1. The molecule has 0 aromatic carbocycles. The molecule has 2 rings (SSSR count). The van der Waals surface area contributed by atoms with Crippen LogP contribution in [-0.2, 0) is 11.3 Å². The number of imidazole rings is 1. The van der Waals surface area contributed by atoms with Gasteiger partial charge in [-0.05, 0) is 20.9 Å². The highest BCUT2D eigenvalue weighted by Crippen LogP contribution is 2.11. The average molecular weight is 238 g/mol. The van der Waals surface area contributed by atoms with Crippen molar-refractivity contribution >= 4 is 5.95 Å². The Morgan fingerprint density at radius 1 is 1.59 bits per heavy atom. The van der Waals surface area contributed by atoms with E-state index in [4.69, 9.17) is 4.74 Å². The third-order valence-corrected chi connectivity index (χ3v) is 2.88. The predicted octanol–water partition coefficient (Wildman–Crippen LogP) is 1.03. The van der Waals surface area contributed by atoms with Crippen LogP contribution in [0, 0.1) is 0 Å². The lowest BCUT2D eigenvalue weighted by molar-refractivity contribution is -0.0272. The van der Waals surface area contributed by atoms with Crippen molar-refractivity contribution in [1.29, 1.82) is 0 Å². The molecule has 1 aromatic rings. The lowest BCUT2D eigenvalue weighted by Gasteiger charge is -2.30. The zero-order chi connectivity index (χ0) is 12.3. The monoisotopic (exact) mass is 238 g/mol. The van der Waals surface area contributed by atoms with Crippen molar-refractivity contribution in [3.05, 3.63) is 12.4 Å². The molecule has 2 heterocycles. The van der Waals surface area contributed by atoms with Crippen molar-refractivity contribution in [2.45, 2.75) is 32.5 Å². The molecule has 0 bridgehead atoms. The molecule has 96 valence electrons. The van der Waals surface area contributed by atoms with Gasteiger partial charge in [-0.1, -0.05) is 0 Å². The number of ether oxygens (including phenoxy) is 1. The maximum absolute atomic E-state index is 5.76. The second kappa shape index (κ2) is 5.51. The van der Waals surface area contributed by atoms with Gasteiger partial charge in [0.15, 0.2) is 0 Å². The van der Waals surface area contributed by atoms with E-state index in [1.165, 1.54) is 0 Å². The van der Waals surface area contributed by atoms with E-state index in [9.17, 15) is 0 Å². The molecule has 0 saturated carbocycles. The van der Waals surface area contributed by atoms with E-state index in [2.05, 4.69) is 40.7 Å². The van der Waals surface area contributed by atoms with Crippen LogP contribution in [0.4, 0.5) is 5.95 Å². The van der Waals surface area contributed by atoms with Crippen LogP contribution in [0.25, 0.3) is 0 Å². The third-order valence-electron chi connectivity index (χ3n) is 2.88. The zero-order valence-corrected chi connectivity index (χ0v) is 10.9. The first-order valence-corrected chi connectivity index (χ1v) is 6.23. The van der Waals surface area contributed by atoms with Crippen molar-refractivity contribution in [3.63, 3.8) is 0 Å². The Morgan fingerprint density at radius 2 is 2.41 bits per heavy atom. The van der Waals surface area contributed by atoms with E-state index in [0.29, 0.717) is 6.04 Å². The van der Waals surface area contributed by atoms with Crippen LogP contribution < -0.4 is 5.32 Å². The van der Waals surface area contributed by atoms with E-state index in [0.717, 1.165) is 32.2 Å². The minimum absolute atomic E-state index is 0.260. The number of morpholine rings is 1. The molecule has 1 fully saturated rings. The average Bonchev–Trinajstić information content (AvgIpc) is 2.65. The molecule has 1 unspecified atom stereocenters. The summed E-state index contributed by atoms with van der Waals surface area (Å²) in [6.07, 6.45) is 4.09. The predicted molar refractivity (Wildman–Crippen MR) is 68.2 cm³/mol. The molecule has 1 aromatic heterocycles. The standard InChI is InChI=1S/C12H22N4O/c1-10(2)14-12-13-4-5-16(12)9-11-8-15(3)6-7-17-11/h4-5,10-11H,6-9H2,1-3H3,(H,13,14). The lowest BCUT2D eigenvalue weighted by atomic mass is 10.3. The summed E-state index contributed by atoms with van der Waals surface area (Å²) in [7, 11) is 2.14. The summed E-state index contributed by atoms with van der Waals surface area (Å²) >= 11 is 0.